The first-order valence-corrected chi connectivity index (χ1v) is 6.47. The van der Waals surface area contributed by atoms with Crippen LogP contribution >= 0.6 is 0 Å². The highest BCUT2D eigenvalue weighted by molar-refractivity contribution is 5.90. The van der Waals surface area contributed by atoms with Crippen molar-refractivity contribution in [2.24, 2.45) is 0 Å². The van der Waals surface area contributed by atoms with Crippen LogP contribution in [0.3, 0.4) is 0 Å². The standard InChI is InChI=1S/C13H15N5O2/c1-9-3-2-4-11(16-9)20-10-5-6-18(7-10)13(19)12-14-8-15-17-12/h2-4,8,10H,5-7H2,1H3,(H,14,15,17). The zero-order valence-electron chi connectivity index (χ0n) is 11.1. The van der Waals surface area contributed by atoms with E-state index in [1.165, 1.54) is 6.33 Å². The van der Waals surface area contributed by atoms with E-state index in [0.29, 0.717) is 19.0 Å². The molecule has 0 spiro atoms. The molecule has 0 radical (unpaired) electrons. The topological polar surface area (TPSA) is 84.0 Å². The van der Waals surface area contributed by atoms with Crippen LogP contribution in [0.2, 0.25) is 0 Å². The van der Waals surface area contributed by atoms with Crippen LogP contribution in [0.4, 0.5) is 0 Å². The minimum absolute atomic E-state index is 0.0313. The molecule has 7 heteroatoms. The summed E-state index contributed by atoms with van der Waals surface area (Å²) in [6.07, 6.45) is 2.08. The van der Waals surface area contributed by atoms with E-state index in [-0.39, 0.29) is 17.8 Å². The molecule has 2 aromatic heterocycles. The molecule has 1 N–H and O–H groups in total. The van der Waals surface area contributed by atoms with Gasteiger partial charge in [-0.05, 0) is 13.0 Å². The third-order valence-electron chi connectivity index (χ3n) is 3.20. The molecule has 3 rings (SSSR count). The van der Waals surface area contributed by atoms with E-state index in [4.69, 9.17) is 4.74 Å². The van der Waals surface area contributed by atoms with Crippen LogP contribution in [0.1, 0.15) is 22.7 Å². The number of likely N-dealkylation sites (tertiary alicyclic amines) is 1. The number of aromatic nitrogens is 4. The quantitative estimate of drug-likeness (QED) is 0.894. The Balaban J connectivity index is 1.61. The smallest absolute Gasteiger partial charge is 0.291 e. The van der Waals surface area contributed by atoms with Gasteiger partial charge in [0.2, 0.25) is 11.7 Å². The zero-order chi connectivity index (χ0) is 13.9. The number of aryl methyl sites for hydroxylation is 1. The Bertz CT molecular complexity index is 599. The van der Waals surface area contributed by atoms with Crippen molar-refractivity contribution >= 4 is 5.91 Å². The van der Waals surface area contributed by atoms with E-state index < -0.39 is 0 Å². The van der Waals surface area contributed by atoms with Gasteiger partial charge in [-0.2, -0.15) is 5.10 Å². The summed E-state index contributed by atoms with van der Waals surface area (Å²) in [4.78, 5) is 22.0. The van der Waals surface area contributed by atoms with Crippen molar-refractivity contribution in [1.29, 1.82) is 0 Å². The Hall–Kier alpha value is -2.44. The average Bonchev–Trinajstić information content (AvgIpc) is 3.09. The third kappa shape index (κ3) is 2.61. The van der Waals surface area contributed by atoms with E-state index in [1.807, 2.05) is 25.1 Å². The van der Waals surface area contributed by atoms with Gasteiger partial charge in [-0.1, -0.05) is 6.07 Å². The second-order valence-corrected chi connectivity index (χ2v) is 4.73. The predicted octanol–water partition coefficient (Wildman–Crippen LogP) is 0.802. The molecule has 0 saturated carbocycles. The first kappa shape index (κ1) is 12.6. The minimum Gasteiger partial charge on any atom is -0.472 e. The summed E-state index contributed by atoms with van der Waals surface area (Å²) in [7, 11) is 0. The fourth-order valence-corrected chi connectivity index (χ4v) is 2.22. The van der Waals surface area contributed by atoms with Gasteiger partial charge < -0.3 is 9.64 Å². The van der Waals surface area contributed by atoms with Gasteiger partial charge in [0.15, 0.2) is 0 Å². The van der Waals surface area contributed by atoms with Crippen molar-refractivity contribution < 1.29 is 9.53 Å². The van der Waals surface area contributed by atoms with Crippen molar-refractivity contribution in [2.45, 2.75) is 19.4 Å². The summed E-state index contributed by atoms with van der Waals surface area (Å²) in [6.45, 7) is 3.10. The highest BCUT2D eigenvalue weighted by Gasteiger charge is 2.29. The third-order valence-corrected chi connectivity index (χ3v) is 3.20. The Morgan fingerprint density at radius 2 is 2.40 bits per heavy atom. The molecule has 20 heavy (non-hydrogen) atoms. The van der Waals surface area contributed by atoms with Gasteiger partial charge in [0.1, 0.15) is 12.4 Å². The monoisotopic (exact) mass is 273 g/mol. The Kier molecular flexibility index (Phi) is 3.32. The Morgan fingerprint density at radius 1 is 1.50 bits per heavy atom. The molecule has 0 bridgehead atoms. The van der Waals surface area contributed by atoms with Gasteiger partial charge >= 0.3 is 0 Å². The average molecular weight is 273 g/mol. The van der Waals surface area contributed by atoms with Gasteiger partial charge in [-0.15, -0.1) is 0 Å². The second kappa shape index (κ2) is 5.28. The fraction of sp³-hybridized carbons (Fsp3) is 0.385. The number of carbonyl (C=O) groups is 1. The fourth-order valence-electron chi connectivity index (χ4n) is 2.22. The van der Waals surface area contributed by atoms with Crippen molar-refractivity contribution in [3.8, 4) is 5.88 Å². The van der Waals surface area contributed by atoms with Crippen molar-refractivity contribution in [3.05, 3.63) is 36.0 Å². The first-order valence-electron chi connectivity index (χ1n) is 6.47. The molecule has 3 heterocycles. The number of nitrogens with one attached hydrogen (secondary N) is 1. The molecule has 1 atom stereocenters. The number of pyridine rings is 1. The number of amides is 1. The van der Waals surface area contributed by atoms with Gasteiger partial charge in [-0.3, -0.25) is 9.89 Å². The van der Waals surface area contributed by atoms with Gasteiger partial charge in [0.05, 0.1) is 6.54 Å². The van der Waals surface area contributed by atoms with Crippen molar-refractivity contribution in [3.63, 3.8) is 0 Å². The molecule has 0 aliphatic carbocycles. The maximum Gasteiger partial charge on any atom is 0.291 e. The number of ether oxygens (including phenoxy) is 1. The molecule has 7 nitrogen and oxygen atoms in total. The molecule has 0 aromatic carbocycles. The Labute approximate surface area is 116 Å². The van der Waals surface area contributed by atoms with Crippen molar-refractivity contribution in [1.82, 2.24) is 25.1 Å². The zero-order valence-corrected chi connectivity index (χ0v) is 11.1. The van der Waals surface area contributed by atoms with E-state index >= 15 is 0 Å². The van der Waals surface area contributed by atoms with Crippen LogP contribution in [0.5, 0.6) is 5.88 Å². The van der Waals surface area contributed by atoms with Crippen LogP contribution in [0, 0.1) is 6.92 Å². The molecular weight excluding hydrogens is 258 g/mol. The molecule has 1 unspecified atom stereocenters. The first-order chi connectivity index (χ1) is 9.72. The lowest BCUT2D eigenvalue weighted by Crippen LogP contribution is -2.31. The van der Waals surface area contributed by atoms with Crippen LogP contribution in [0.15, 0.2) is 24.5 Å². The molecule has 1 aliphatic heterocycles. The van der Waals surface area contributed by atoms with Crippen LogP contribution in [-0.4, -0.2) is 50.2 Å². The van der Waals surface area contributed by atoms with E-state index in [1.54, 1.807) is 4.90 Å². The summed E-state index contributed by atoms with van der Waals surface area (Å²) in [5, 5.41) is 6.27. The predicted molar refractivity (Wildman–Crippen MR) is 70.3 cm³/mol. The molecular formula is C13H15N5O2. The lowest BCUT2D eigenvalue weighted by Gasteiger charge is -2.15. The maximum atomic E-state index is 12.1. The highest BCUT2D eigenvalue weighted by Crippen LogP contribution is 2.17. The molecule has 104 valence electrons. The van der Waals surface area contributed by atoms with Gasteiger partial charge in [-0.25, -0.2) is 9.97 Å². The number of nitrogens with zero attached hydrogens (tertiary/aromatic N) is 4. The van der Waals surface area contributed by atoms with Gasteiger partial charge in [0, 0.05) is 24.7 Å². The Morgan fingerprint density at radius 3 is 3.15 bits per heavy atom. The van der Waals surface area contributed by atoms with Gasteiger partial charge in [0.25, 0.3) is 5.91 Å². The molecule has 1 aliphatic rings. The number of hydrogen-bond acceptors (Lipinski definition) is 5. The van der Waals surface area contributed by atoms with E-state index in [9.17, 15) is 4.79 Å². The van der Waals surface area contributed by atoms with Crippen LogP contribution < -0.4 is 4.74 Å². The summed E-state index contributed by atoms with van der Waals surface area (Å²) >= 11 is 0. The summed E-state index contributed by atoms with van der Waals surface area (Å²) in [5.74, 6) is 0.717. The molecule has 1 fully saturated rings. The normalized spacial score (nSPS) is 18.2. The molecule has 1 amide bonds. The molecule has 1 saturated heterocycles. The van der Waals surface area contributed by atoms with Crippen molar-refractivity contribution in [2.75, 3.05) is 13.1 Å². The number of carbonyl (C=O) groups excluding carboxylic acids is 1. The number of hydrogen-bond donors (Lipinski definition) is 1. The highest BCUT2D eigenvalue weighted by atomic mass is 16.5. The van der Waals surface area contributed by atoms with E-state index in [0.717, 1.165) is 12.1 Å². The lowest BCUT2D eigenvalue weighted by molar-refractivity contribution is 0.0759. The largest absolute Gasteiger partial charge is 0.472 e. The summed E-state index contributed by atoms with van der Waals surface area (Å²) < 4.78 is 5.80. The van der Waals surface area contributed by atoms with Crippen LogP contribution in [-0.2, 0) is 0 Å². The second-order valence-electron chi connectivity index (χ2n) is 4.73. The summed E-state index contributed by atoms with van der Waals surface area (Å²) in [5.41, 5.74) is 0.912. The maximum absolute atomic E-state index is 12.1. The lowest BCUT2D eigenvalue weighted by atomic mass is 10.3. The van der Waals surface area contributed by atoms with Crippen LogP contribution in [0.25, 0.3) is 0 Å². The number of rotatable bonds is 3. The number of aromatic amines is 1. The van der Waals surface area contributed by atoms with E-state index in [2.05, 4.69) is 20.2 Å². The minimum atomic E-state index is -0.147. The molecule has 2 aromatic rings. The summed E-state index contributed by atoms with van der Waals surface area (Å²) in [6, 6.07) is 5.65. The number of H-pyrrole nitrogens is 1. The SMILES string of the molecule is Cc1cccc(OC2CCN(C(=O)c3ncn[nH]3)C2)n1.